The van der Waals surface area contributed by atoms with Crippen LogP contribution in [0.25, 0.3) is 0 Å². The summed E-state index contributed by atoms with van der Waals surface area (Å²) in [5.74, 6) is 0. The van der Waals surface area contributed by atoms with Crippen LogP contribution in [-0.2, 0) is 6.42 Å². The van der Waals surface area contributed by atoms with E-state index in [1.54, 1.807) is 11.8 Å². The molecule has 1 aromatic heterocycles. The fourth-order valence-corrected chi connectivity index (χ4v) is 2.46. The normalized spacial score (nSPS) is 10.4. The van der Waals surface area contributed by atoms with Gasteiger partial charge < -0.3 is 0 Å². The van der Waals surface area contributed by atoms with Gasteiger partial charge in [-0.2, -0.15) is 0 Å². The van der Waals surface area contributed by atoms with Gasteiger partial charge in [0.15, 0.2) is 0 Å². The third kappa shape index (κ3) is 2.64. The molecule has 0 fully saturated rings. The van der Waals surface area contributed by atoms with Crippen LogP contribution in [0.3, 0.4) is 0 Å². The van der Waals surface area contributed by atoms with Crippen LogP contribution in [0.15, 0.2) is 52.5 Å². The highest BCUT2D eigenvalue weighted by Crippen LogP contribution is 2.28. The van der Waals surface area contributed by atoms with Crippen molar-refractivity contribution in [1.82, 2.24) is 4.98 Å². The lowest BCUT2D eigenvalue weighted by atomic mass is 10.2. The van der Waals surface area contributed by atoms with Gasteiger partial charge in [-0.3, -0.25) is 0 Å². The molecule has 0 spiro atoms. The molecule has 0 saturated carbocycles. The fourth-order valence-electron chi connectivity index (χ4n) is 1.50. The molecule has 0 aliphatic heterocycles. The van der Waals surface area contributed by atoms with Crippen LogP contribution in [0.2, 0.25) is 0 Å². The summed E-state index contributed by atoms with van der Waals surface area (Å²) in [6, 6.07) is 12.7. The molecule has 0 amide bonds. The number of nitrogens with zero attached hydrogens (tertiary/aromatic N) is 1. The van der Waals surface area contributed by atoms with E-state index in [1.807, 2.05) is 12.3 Å². The molecule has 1 heterocycles. The minimum absolute atomic E-state index is 1.03. The summed E-state index contributed by atoms with van der Waals surface area (Å²) >= 11 is 1.74. The zero-order chi connectivity index (χ0) is 11.4. The Kier molecular flexibility index (Phi) is 3.62. The second-order valence-corrected chi connectivity index (χ2v) is 4.80. The Labute approximate surface area is 101 Å². The standard InChI is InChI=1S/C14H15NS/c1-3-12-5-4-10-15-14(12)16-13-8-6-11(2)7-9-13/h4-10H,3H2,1-2H3. The molecule has 2 aromatic rings. The SMILES string of the molecule is CCc1cccnc1Sc1ccc(C)cc1. The van der Waals surface area contributed by atoms with Crippen LogP contribution in [0.4, 0.5) is 0 Å². The van der Waals surface area contributed by atoms with Gasteiger partial charge >= 0.3 is 0 Å². The Hall–Kier alpha value is -1.28. The van der Waals surface area contributed by atoms with E-state index in [9.17, 15) is 0 Å². The monoisotopic (exact) mass is 229 g/mol. The Morgan fingerprint density at radius 3 is 2.56 bits per heavy atom. The summed E-state index contributed by atoms with van der Waals surface area (Å²) in [4.78, 5) is 5.68. The van der Waals surface area contributed by atoms with Gasteiger partial charge in [-0.05, 0) is 37.1 Å². The van der Waals surface area contributed by atoms with Crippen molar-refractivity contribution in [3.63, 3.8) is 0 Å². The van der Waals surface area contributed by atoms with Crippen molar-refractivity contribution in [1.29, 1.82) is 0 Å². The smallest absolute Gasteiger partial charge is 0.104 e. The molecule has 0 atom stereocenters. The van der Waals surface area contributed by atoms with Gasteiger partial charge in [0.2, 0.25) is 0 Å². The Bertz CT molecular complexity index is 462. The molecule has 0 bridgehead atoms. The number of aromatic nitrogens is 1. The summed E-state index contributed by atoms with van der Waals surface area (Å²) in [6.45, 7) is 4.27. The zero-order valence-corrected chi connectivity index (χ0v) is 10.4. The van der Waals surface area contributed by atoms with Crippen molar-refractivity contribution >= 4 is 11.8 Å². The highest BCUT2D eigenvalue weighted by atomic mass is 32.2. The number of benzene rings is 1. The summed E-state index contributed by atoms with van der Waals surface area (Å²) in [6.07, 6.45) is 2.89. The van der Waals surface area contributed by atoms with E-state index < -0.39 is 0 Å². The minimum atomic E-state index is 1.03. The average Bonchev–Trinajstić information content (AvgIpc) is 2.33. The summed E-state index contributed by atoms with van der Waals surface area (Å²) in [7, 11) is 0. The third-order valence-electron chi connectivity index (χ3n) is 2.47. The first kappa shape index (κ1) is 11.2. The molecule has 2 heteroatoms. The molecule has 0 saturated heterocycles. The number of rotatable bonds is 3. The molecule has 1 nitrogen and oxygen atoms in total. The molecule has 0 N–H and O–H groups in total. The summed E-state index contributed by atoms with van der Waals surface area (Å²) in [5, 5.41) is 1.12. The van der Waals surface area contributed by atoms with Gasteiger partial charge in [0.25, 0.3) is 0 Å². The maximum absolute atomic E-state index is 4.43. The molecule has 16 heavy (non-hydrogen) atoms. The predicted molar refractivity (Wildman–Crippen MR) is 68.9 cm³/mol. The topological polar surface area (TPSA) is 12.9 Å². The van der Waals surface area contributed by atoms with E-state index in [-0.39, 0.29) is 0 Å². The molecular weight excluding hydrogens is 214 g/mol. The first-order chi connectivity index (χ1) is 7.79. The van der Waals surface area contributed by atoms with Gasteiger partial charge in [0.1, 0.15) is 5.03 Å². The first-order valence-corrected chi connectivity index (χ1v) is 6.29. The van der Waals surface area contributed by atoms with E-state index in [0.29, 0.717) is 0 Å². The van der Waals surface area contributed by atoms with Crippen molar-refractivity contribution in [3.05, 3.63) is 53.7 Å². The number of pyridine rings is 1. The molecular formula is C14H15NS. The maximum atomic E-state index is 4.43. The van der Waals surface area contributed by atoms with Gasteiger partial charge in [-0.1, -0.05) is 42.4 Å². The molecule has 1 aromatic carbocycles. The lowest BCUT2D eigenvalue weighted by Crippen LogP contribution is -1.88. The van der Waals surface area contributed by atoms with Gasteiger partial charge in [-0.25, -0.2) is 4.98 Å². The highest BCUT2D eigenvalue weighted by molar-refractivity contribution is 7.99. The fraction of sp³-hybridized carbons (Fsp3) is 0.214. The molecule has 82 valence electrons. The van der Waals surface area contributed by atoms with Crippen LogP contribution >= 0.6 is 11.8 Å². The van der Waals surface area contributed by atoms with E-state index in [4.69, 9.17) is 0 Å². The van der Waals surface area contributed by atoms with Crippen molar-refractivity contribution in [3.8, 4) is 0 Å². The van der Waals surface area contributed by atoms with E-state index >= 15 is 0 Å². The molecule has 0 radical (unpaired) electrons. The van der Waals surface area contributed by atoms with Crippen molar-refractivity contribution < 1.29 is 0 Å². The Morgan fingerprint density at radius 1 is 1.12 bits per heavy atom. The van der Waals surface area contributed by atoms with E-state index in [2.05, 4.69) is 49.2 Å². The van der Waals surface area contributed by atoms with Crippen molar-refractivity contribution in [2.45, 2.75) is 30.2 Å². The quantitative estimate of drug-likeness (QED) is 0.785. The van der Waals surface area contributed by atoms with E-state index in [0.717, 1.165) is 11.4 Å². The van der Waals surface area contributed by atoms with Crippen LogP contribution in [0, 0.1) is 6.92 Å². The maximum Gasteiger partial charge on any atom is 0.104 e. The lowest BCUT2D eigenvalue weighted by Gasteiger charge is -2.05. The molecule has 2 rings (SSSR count). The van der Waals surface area contributed by atoms with Gasteiger partial charge in [-0.15, -0.1) is 0 Å². The summed E-state index contributed by atoms with van der Waals surface area (Å²) in [5.41, 5.74) is 2.61. The highest BCUT2D eigenvalue weighted by Gasteiger charge is 2.03. The average molecular weight is 229 g/mol. The zero-order valence-electron chi connectivity index (χ0n) is 9.60. The number of aryl methyl sites for hydroxylation is 2. The Balaban J connectivity index is 2.23. The van der Waals surface area contributed by atoms with Gasteiger partial charge in [0.05, 0.1) is 0 Å². The number of hydrogen-bond acceptors (Lipinski definition) is 2. The van der Waals surface area contributed by atoms with Crippen LogP contribution < -0.4 is 0 Å². The van der Waals surface area contributed by atoms with Crippen LogP contribution in [-0.4, -0.2) is 4.98 Å². The second kappa shape index (κ2) is 5.17. The Morgan fingerprint density at radius 2 is 1.88 bits per heavy atom. The minimum Gasteiger partial charge on any atom is -0.249 e. The molecule has 0 aliphatic carbocycles. The van der Waals surface area contributed by atoms with E-state index in [1.165, 1.54) is 16.0 Å². The van der Waals surface area contributed by atoms with Crippen molar-refractivity contribution in [2.24, 2.45) is 0 Å². The lowest BCUT2D eigenvalue weighted by molar-refractivity contribution is 0.994. The summed E-state index contributed by atoms with van der Waals surface area (Å²) < 4.78 is 0. The molecule has 0 unspecified atom stereocenters. The largest absolute Gasteiger partial charge is 0.249 e. The van der Waals surface area contributed by atoms with Gasteiger partial charge in [0, 0.05) is 11.1 Å². The second-order valence-electron chi connectivity index (χ2n) is 3.74. The van der Waals surface area contributed by atoms with Crippen LogP contribution in [0.5, 0.6) is 0 Å². The van der Waals surface area contributed by atoms with Crippen molar-refractivity contribution in [2.75, 3.05) is 0 Å². The predicted octanol–water partition coefficient (Wildman–Crippen LogP) is 4.10. The molecule has 0 aliphatic rings. The third-order valence-corrected chi connectivity index (χ3v) is 3.54. The number of hydrogen-bond donors (Lipinski definition) is 0. The first-order valence-electron chi connectivity index (χ1n) is 5.48. The van der Waals surface area contributed by atoms with Crippen LogP contribution in [0.1, 0.15) is 18.1 Å².